The minimum absolute atomic E-state index is 0.00568. The van der Waals surface area contributed by atoms with Gasteiger partial charge in [-0.2, -0.15) is 0 Å². The fourth-order valence-electron chi connectivity index (χ4n) is 1.33. The zero-order valence-electron chi connectivity index (χ0n) is 8.80. The Labute approximate surface area is 94.8 Å². The lowest BCUT2D eigenvalue weighted by Crippen LogP contribution is -2.13. The molecule has 1 aliphatic rings. The Hall–Kier alpha value is -1.07. The molecule has 1 N–H and O–H groups in total. The zero-order valence-corrected chi connectivity index (χ0v) is 9.61. The molecule has 16 heavy (non-hydrogen) atoms. The standard InChI is InChI=1S/C11H14O4S/c12-9-1-5-11(6-2-9)16(13,14)8-7-15-10-3-4-10/h1-2,5-6,10,12H,3-4,7-8H2. The second kappa shape index (κ2) is 4.43. The molecule has 88 valence electrons. The Morgan fingerprint density at radius 1 is 1.25 bits per heavy atom. The molecule has 0 amide bonds. The van der Waals surface area contributed by atoms with E-state index in [0.29, 0.717) is 0 Å². The van der Waals surface area contributed by atoms with Gasteiger partial charge in [0.1, 0.15) is 5.75 Å². The van der Waals surface area contributed by atoms with Gasteiger partial charge in [-0.25, -0.2) is 8.42 Å². The van der Waals surface area contributed by atoms with Crippen LogP contribution >= 0.6 is 0 Å². The summed E-state index contributed by atoms with van der Waals surface area (Å²) in [5.41, 5.74) is 0. The summed E-state index contributed by atoms with van der Waals surface area (Å²) in [6, 6.07) is 5.55. The highest BCUT2D eigenvalue weighted by atomic mass is 32.2. The summed E-state index contributed by atoms with van der Waals surface area (Å²) < 4.78 is 28.9. The molecule has 0 atom stereocenters. The lowest BCUT2D eigenvalue weighted by atomic mass is 10.3. The Kier molecular flexibility index (Phi) is 3.16. The Morgan fingerprint density at radius 3 is 2.44 bits per heavy atom. The minimum atomic E-state index is -3.28. The molecular formula is C11H14O4S. The molecule has 0 spiro atoms. The third kappa shape index (κ3) is 2.96. The molecule has 1 aromatic rings. The zero-order chi connectivity index (χ0) is 11.6. The summed E-state index contributed by atoms with van der Waals surface area (Å²) in [5.74, 6) is 0.0575. The van der Waals surface area contributed by atoms with Crippen molar-refractivity contribution in [3.63, 3.8) is 0 Å². The van der Waals surface area contributed by atoms with Crippen molar-refractivity contribution >= 4 is 9.84 Å². The van der Waals surface area contributed by atoms with Gasteiger partial charge in [0, 0.05) is 0 Å². The van der Waals surface area contributed by atoms with E-state index in [9.17, 15) is 8.42 Å². The summed E-state index contributed by atoms with van der Waals surface area (Å²) in [4.78, 5) is 0.227. The van der Waals surface area contributed by atoms with Crippen LogP contribution in [0.5, 0.6) is 5.75 Å². The quantitative estimate of drug-likeness (QED) is 0.846. The van der Waals surface area contributed by atoms with Crippen molar-refractivity contribution in [2.24, 2.45) is 0 Å². The average molecular weight is 242 g/mol. The lowest BCUT2D eigenvalue weighted by Gasteiger charge is -2.05. The number of hydrogen-bond acceptors (Lipinski definition) is 4. The van der Waals surface area contributed by atoms with Gasteiger partial charge in [-0.1, -0.05) is 0 Å². The van der Waals surface area contributed by atoms with E-state index >= 15 is 0 Å². The molecule has 0 saturated heterocycles. The van der Waals surface area contributed by atoms with E-state index in [2.05, 4.69) is 0 Å². The first-order valence-corrected chi connectivity index (χ1v) is 6.86. The monoisotopic (exact) mass is 242 g/mol. The van der Waals surface area contributed by atoms with Crippen LogP contribution in [0.1, 0.15) is 12.8 Å². The van der Waals surface area contributed by atoms with Gasteiger partial charge < -0.3 is 9.84 Å². The fraction of sp³-hybridized carbons (Fsp3) is 0.455. The molecule has 0 aromatic heterocycles. The van der Waals surface area contributed by atoms with Crippen LogP contribution in [0.3, 0.4) is 0 Å². The van der Waals surface area contributed by atoms with Crippen molar-refractivity contribution < 1.29 is 18.3 Å². The van der Waals surface area contributed by atoms with Crippen molar-refractivity contribution in [1.29, 1.82) is 0 Å². The first-order valence-electron chi connectivity index (χ1n) is 5.21. The third-order valence-electron chi connectivity index (χ3n) is 2.43. The molecular weight excluding hydrogens is 228 g/mol. The van der Waals surface area contributed by atoms with E-state index in [0.717, 1.165) is 12.8 Å². The molecule has 0 radical (unpaired) electrons. The summed E-state index contributed by atoms with van der Waals surface area (Å²) in [6.45, 7) is 0.244. The van der Waals surface area contributed by atoms with Crippen LogP contribution in [0.25, 0.3) is 0 Å². The average Bonchev–Trinajstić information content (AvgIpc) is 3.02. The fourth-order valence-corrected chi connectivity index (χ4v) is 2.43. The number of sulfone groups is 1. The van der Waals surface area contributed by atoms with Crippen molar-refractivity contribution in [2.75, 3.05) is 12.4 Å². The van der Waals surface area contributed by atoms with Crippen LogP contribution in [0.4, 0.5) is 0 Å². The molecule has 0 bridgehead atoms. The topological polar surface area (TPSA) is 63.6 Å². The highest BCUT2D eigenvalue weighted by Gasteiger charge is 2.23. The normalized spacial score (nSPS) is 16.2. The molecule has 5 heteroatoms. The summed E-state index contributed by atoms with van der Waals surface area (Å²) >= 11 is 0. The first-order chi connectivity index (χ1) is 7.58. The predicted octanol–water partition coefficient (Wildman–Crippen LogP) is 1.34. The number of phenolic OH excluding ortho intramolecular Hbond substituents is 1. The predicted molar refractivity (Wildman–Crippen MR) is 59.1 cm³/mol. The van der Waals surface area contributed by atoms with Crippen molar-refractivity contribution in [3.05, 3.63) is 24.3 Å². The van der Waals surface area contributed by atoms with E-state index < -0.39 is 9.84 Å². The van der Waals surface area contributed by atoms with Crippen LogP contribution in [0.15, 0.2) is 29.2 Å². The molecule has 1 aliphatic carbocycles. The maximum Gasteiger partial charge on any atom is 0.180 e. The minimum Gasteiger partial charge on any atom is -0.508 e. The van der Waals surface area contributed by atoms with E-state index in [4.69, 9.17) is 9.84 Å². The van der Waals surface area contributed by atoms with Gasteiger partial charge in [0.15, 0.2) is 9.84 Å². The Morgan fingerprint density at radius 2 is 1.88 bits per heavy atom. The third-order valence-corrected chi connectivity index (χ3v) is 4.12. The summed E-state index contributed by atoms with van der Waals surface area (Å²) in [7, 11) is -3.28. The number of phenols is 1. The molecule has 0 aliphatic heterocycles. The smallest absolute Gasteiger partial charge is 0.180 e. The molecule has 0 heterocycles. The van der Waals surface area contributed by atoms with Crippen LogP contribution < -0.4 is 0 Å². The van der Waals surface area contributed by atoms with E-state index in [-0.39, 0.29) is 29.1 Å². The van der Waals surface area contributed by atoms with Gasteiger partial charge in [-0.15, -0.1) is 0 Å². The van der Waals surface area contributed by atoms with Crippen LogP contribution in [-0.4, -0.2) is 32.0 Å². The molecule has 4 nitrogen and oxygen atoms in total. The number of rotatable bonds is 5. The largest absolute Gasteiger partial charge is 0.508 e. The Balaban J connectivity index is 1.97. The van der Waals surface area contributed by atoms with Gasteiger partial charge in [-0.3, -0.25) is 0 Å². The second-order valence-corrected chi connectivity index (χ2v) is 5.99. The molecule has 0 unspecified atom stereocenters. The number of aromatic hydroxyl groups is 1. The maximum atomic E-state index is 11.8. The van der Waals surface area contributed by atoms with Crippen molar-refractivity contribution in [1.82, 2.24) is 0 Å². The van der Waals surface area contributed by atoms with Crippen LogP contribution in [-0.2, 0) is 14.6 Å². The summed E-state index contributed by atoms with van der Waals surface area (Å²) in [5, 5.41) is 9.06. The lowest BCUT2D eigenvalue weighted by molar-refractivity contribution is 0.134. The second-order valence-electron chi connectivity index (χ2n) is 3.88. The van der Waals surface area contributed by atoms with Crippen LogP contribution in [0, 0.1) is 0 Å². The molecule has 1 aromatic carbocycles. The molecule has 2 rings (SSSR count). The number of ether oxygens (including phenoxy) is 1. The van der Waals surface area contributed by atoms with Gasteiger partial charge in [0.25, 0.3) is 0 Å². The van der Waals surface area contributed by atoms with Crippen molar-refractivity contribution in [3.8, 4) is 5.75 Å². The highest BCUT2D eigenvalue weighted by molar-refractivity contribution is 7.91. The van der Waals surface area contributed by atoms with Crippen LogP contribution in [0.2, 0.25) is 0 Å². The van der Waals surface area contributed by atoms with Gasteiger partial charge in [0.05, 0.1) is 23.4 Å². The van der Waals surface area contributed by atoms with Gasteiger partial charge in [0.2, 0.25) is 0 Å². The Bertz CT molecular complexity index is 445. The first kappa shape index (κ1) is 11.4. The van der Waals surface area contributed by atoms with E-state index in [1.807, 2.05) is 0 Å². The van der Waals surface area contributed by atoms with Gasteiger partial charge in [-0.05, 0) is 37.1 Å². The number of hydrogen-bond donors (Lipinski definition) is 1. The highest BCUT2D eigenvalue weighted by Crippen LogP contribution is 2.23. The van der Waals surface area contributed by atoms with E-state index in [1.54, 1.807) is 0 Å². The van der Waals surface area contributed by atoms with Crippen molar-refractivity contribution in [2.45, 2.75) is 23.8 Å². The number of benzene rings is 1. The molecule has 1 fully saturated rings. The summed E-state index contributed by atoms with van der Waals surface area (Å²) in [6.07, 6.45) is 2.36. The SMILES string of the molecule is O=S(=O)(CCOC1CC1)c1ccc(O)cc1. The molecule has 1 saturated carbocycles. The van der Waals surface area contributed by atoms with Gasteiger partial charge >= 0.3 is 0 Å². The van der Waals surface area contributed by atoms with E-state index in [1.165, 1.54) is 24.3 Å². The maximum absolute atomic E-state index is 11.8.